The van der Waals surface area contributed by atoms with Crippen molar-refractivity contribution in [2.45, 2.75) is 0 Å². The summed E-state index contributed by atoms with van der Waals surface area (Å²) in [5.41, 5.74) is 0. The van der Waals surface area contributed by atoms with Gasteiger partial charge in [-0.25, -0.2) is 0 Å². The van der Waals surface area contributed by atoms with Crippen LogP contribution in [0.15, 0.2) is 0 Å². The van der Waals surface area contributed by atoms with Crippen molar-refractivity contribution >= 4 is 0 Å². The molecule has 0 atom stereocenters. The Morgan fingerprint density at radius 3 is 1.60 bits per heavy atom. The zero-order valence-electron chi connectivity index (χ0n) is 2.89. The van der Waals surface area contributed by atoms with Crippen LogP contribution in [0.5, 0.6) is 0 Å². The van der Waals surface area contributed by atoms with Crippen molar-refractivity contribution in [1.82, 2.24) is 0 Å². The van der Waals surface area contributed by atoms with E-state index in [2.05, 4.69) is 0 Å². The lowest BCUT2D eigenvalue weighted by molar-refractivity contribution is 0.272. The highest BCUT2D eigenvalue weighted by molar-refractivity contribution is 4.55. The van der Waals surface area contributed by atoms with Crippen molar-refractivity contribution in [2.75, 3.05) is 13.2 Å². The van der Waals surface area contributed by atoms with Gasteiger partial charge in [0.2, 0.25) is 0 Å². The average molecular weight is 75.1 g/mol. The van der Waals surface area contributed by atoms with Gasteiger partial charge in [0, 0.05) is 19.6 Å². The van der Waals surface area contributed by atoms with Gasteiger partial charge in [0.05, 0.1) is 0 Å². The summed E-state index contributed by atoms with van der Waals surface area (Å²) in [6.45, 7) is -0.0625. The third kappa shape index (κ3) is 3.92. The van der Waals surface area contributed by atoms with E-state index in [9.17, 15) is 0 Å². The second-order valence-electron chi connectivity index (χ2n) is 0.654. The number of hydrogen-bond donors (Lipinski definition) is 2. The lowest BCUT2D eigenvalue weighted by atomic mass is 10.5. The summed E-state index contributed by atoms with van der Waals surface area (Å²) in [5.74, 6) is 0. The average Bonchev–Trinajstić information content (AvgIpc) is 1.41. The van der Waals surface area contributed by atoms with Crippen LogP contribution in [-0.4, -0.2) is 23.4 Å². The van der Waals surface area contributed by atoms with E-state index in [1.54, 1.807) is 0 Å². The minimum absolute atomic E-state index is 0.0312. The second kappa shape index (κ2) is 3.92. The lowest BCUT2D eigenvalue weighted by Crippen LogP contribution is -1.86. The molecule has 0 aliphatic carbocycles. The molecule has 5 heavy (non-hydrogen) atoms. The number of aliphatic hydroxyl groups excluding tert-OH is 2. The predicted octanol–water partition coefficient (Wildman–Crippen LogP) is -0.825. The second-order valence-corrected chi connectivity index (χ2v) is 0.654. The summed E-state index contributed by atoms with van der Waals surface area (Å²) in [7, 11) is 0. The summed E-state index contributed by atoms with van der Waals surface area (Å²) in [4.78, 5) is 0. The molecule has 0 aromatic rings. The van der Waals surface area contributed by atoms with E-state index in [4.69, 9.17) is 10.2 Å². The zero-order valence-corrected chi connectivity index (χ0v) is 2.89. The van der Waals surface area contributed by atoms with Crippen LogP contribution in [0.4, 0.5) is 0 Å². The zero-order chi connectivity index (χ0) is 4.12. The molecule has 2 heteroatoms. The van der Waals surface area contributed by atoms with Gasteiger partial charge in [-0.05, 0) is 0 Å². The van der Waals surface area contributed by atoms with Gasteiger partial charge in [-0.3, -0.25) is 0 Å². The third-order valence-electron chi connectivity index (χ3n) is 0.258. The van der Waals surface area contributed by atoms with Crippen molar-refractivity contribution in [3.63, 3.8) is 0 Å². The molecule has 0 aromatic heterocycles. The molecule has 31 valence electrons. The smallest absolute Gasteiger partial charge is 0.0485 e. The first-order valence-electron chi connectivity index (χ1n) is 1.45. The Morgan fingerprint density at radius 1 is 1.20 bits per heavy atom. The standard InChI is InChI=1S/C3H7O2/c4-2-1-3-5/h1,4-5H,2-3H2. The van der Waals surface area contributed by atoms with Crippen LogP contribution < -0.4 is 0 Å². The number of aliphatic hydroxyl groups is 2. The molecule has 2 N–H and O–H groups in total. The SMILES string of the molecule is OC[CH]CO. The normalized spacial score (nSPS) is 8.40. The number of rotatable bonds is 2. The summed E-state index contributed by atoms with van der Waals surface area (Å²) >= 11 is 0. The number of hydrogen-bond acceptors (Lipinski definition) is 2. The van der Waals surface area contributed by atoms with Gasteiger partial charge in [-0.1, -0.05) is 0 Å². The molecule has 0 spiro atoms. The highest BCUT2D eigenvalue weighted by atomic mass is 16.3. The van der Waals surface area contributed by atoms with Crippen molar-refractivity contribution < 1.29 is 10.2 Å². The van der Waals surface area contributed by atoms with E-state index >= 15 is 0 Å². The van der Waals surface area contributed by atoms with E-state index in [0.717, 1.165) is 0 Å². The van der Waals surface area contributed by atoms with E-state index in [1.165, 1.54) is 6.42 Å². The minimum atomic E-state index is -0.0312. The molecule has 1 radical (unpaired) electrons. The first kappa shape index (κ1) is 4.92. The first-order chi connectivity index (χ1) is 2.41. The summed E-state index contributed by atoms with van der Waals surface area (Å²) in [6.07, 6.45) is 1.36. The fourth-order valence-corrected chi connectivity index (χ4v) is 0.0577. The lowest BCUT2D eigenvalue weighted by Gasteiger charge is -1.78. The maximum atomic E-state index is 7.85. The Labute approximate surface area is 31.1 Å². The monoisotopic (exact) mass is 75.0 g/mol. The van der Waals surface area contributed by atoms with Crippen molar-refractivity contribution in [2.24, 2.45) is 0 Å². The predicted molar refractivity (Wildman–Crippen MR) is 18.5 cm³/mol. The molecule has 0 saturated heterocycles. The van der Waals surface area contributed by atoms with Gasteiger partial charge in [-0.2, -0.15) is 0 Å². The van der Waals surface area contributed by atoms with Crippen LogP contribution in [-0.2, 0) is 0 Å². The molecule has 0 aliphatic heterocycles. The molecular weight excluding hydrogens is 68.0 g/mol. The van der Waals surface area contributed by atoms with Gasteiger partial charge in [0.25, 0.3) is 0 Å². The molecule has 0 bridgehead atoms. The van der Waals surface area contributed by atoms with Crippen LogP contribution in [0.25, 0.3) is 0 Å². The Bertz CT molecular complexity index is 12.4. The first-order valence-corrected chi connectivity index (χ1v) is 1.45. The molecule has 0 unspecified atom stereocenters. The van der Waals surface area contributed by atoms with E-state index < -0.39 is 0 Å². The molecule has 0 rings (SSSR count). The molecule has 0 aromatic carbocycles. The fourth-order valence-electron chi connectivity index (χ4n) is 0.0577. The fraction of sp³-hybridized carbons (Fsp3) is 0.667. The topological polar surface area (TPSA) is 40.5 Å². The molecule has 0 fully saturated rings. The van der Waals surface area contributed by atoms with E-state index in [1.807, 2.05) is 0 Å². The van der Waals surface area contributed by atoms with Gasteiger partial charge in [-0.15, -0.1) is 0 Å². The molecule has 0 aliphatic rings. The van der Waals surface area contributed by atoms with Crippen LogP contribution in [0.1, 0.15) is 0 Å². The molecule has 0 amide bonds. The Balaban J connectivity index is 2.19. The highest BCUT2D eigenvalue weighted by Crippen LogP contribution is 1.62. The molecular formula is C3H7O2. The van der Waals surface area contributed by atoms with E-state index in [-0.39, 0.29) is 13.2 Å². The van der Waals surface area contributed by atoms with E-state index in [0.29, 0.717) is 0 Å². The Morgan fingerprint density at radius 2 is 1.60 bits per heavy atom. The largest absolute Gasteiger partial charge is 0.396 e. The minimum Gasteiger partial charge on any atom is -0.396 e. The van der Waals surface area contributed by atoms with Gasteiger partial charge in [0.1, 0.15) is 0 Å². The maximum Gasteiger partial charge on any atom is 0.0485 e. The van der Waals surface area contributed by atoms with Crippen molar-refractivity contribution in [1.29, 1.82) is 0 Å². The maximum absolute atomic E-state index is 7.85. The molecule has 0 saturated carbocycles. The highest BCUT2D eigenvalue weighted by Gasteiger charge is 1.71. The quantitative estimate of drug-likeness (QED) is 0.450. The van der Waals surface area contributed by atoms with Gasteiger partial charge < -0.3 is 10.2 Å². The molecule has 2 nitrogen and oxygen atoms in total. The van der Waals surface area contributed by atoms with Crippen LogP contribution in [0.3, 0.4) is 0 Å². The van der Waals surface area contributed by atoms with Crippen molar-refractivity contribution in [3.8, 4) is 0 Å². The van der Waals surface area contributed by atoms with Crippen LogP contribution in [0.2, 0.25) is 0 Å². The van der Waals surface area contributed by atoms with Gasteiger partial charge >= 0.3 is 0 Å². The van der Waals surface area contributed by atoms with Crippen LogP contribution in [0, 0.1) is 6.42 Å². The van der Waals surface area contributed by atoms with Crippen molar-refractivity contribution in [3.05, 3.63) is 6.42 Å². The summed E-state index contributed by atoms with van der Waals surface area (Å²) in [6, 6.07) is 0. The van der Waals surface area contributed by atoms with Crippen LogP contribution >= 0.6 is 0 Å². The summed E-state index contributed by atoms with van der Waals surface area (Å²) < 4.78 is 0. The Hall–Kier alpha value is -0.0800. The third-order valence-corrected chi connectivity index (χ3v) is 0.258. The summed E-state index contributed by atoms with van der Waals surface area (Å²) in [5, 5.41) is 15.7. The van der Waals surface area contributed by atoms with Gasteiger partial charge in [0.15, 0.2) is 0 Å². The Kier molecular flexibility index (Phi) is 3.86. The molecule has 0 heterocycles.